The van der Waals surface area contributed by atoms with Crippen molar-refractivity contribution in [1.82, 2.24) is 15.5 Å². The Bertz CT molecular complexity index is 429. The quantitative estimate of drug-likeness (QED) is 0.868. The molecule has 0 saturated heterocycles. The molecule has 0 radical (unpaired) electrons. The van der Waals surface area contributed by atoms with Gasteiger partial charge in [-0.1, -0.05) is 0 Å². The molecule has 1 unspecified atom stereocenters. The van der Waals surface area contributed by atoms with Crippen LogP contribution in [-0.4, -0.2) is 23.9 Å². The Morgan fingerprint density at radius 2 is 2.18 bits per heavy atom. The predicted octanol–water partition coefficient (Wildman–Crippen LogP) is 2.05. The molecule has 92 valence electrons. The minimum atomic E-state index is 0.0875. The first-order valence-electron chi connectivity index (χ1n) is 6.03. The monoisotopic (exact) mass is 233 g/mol. The fraction of sp³-hybridized carbons (Fsp3) is 0.538. The fourth-order valence-electron chi connectivity index (χ4n) is 2.09. The Balaban J connectivity index is 2.34. The van der Waals surface area contributed by atoms with Gasteiger partial charge in [-0.15, -0.1) is 0 Å². The number of aromatic nitrogens is 2. The lowest BCUT2D eigenvalue weighted by Crippen LogP contribution is -2.23. The molecule has 4 nitrogen and oxygen atoms in total. The van der Waals surface area contributed by atoms with Crippen LogP contribution in [0.15, 0.2) is 17.9 Å². The smallest absolute Gasteiger partial charge is 0.113 e. The molecule has 0 saturated carbocycles. The van der Waals surface area contributed by atoms with E-state index in [4.69, 9.17) is 4.74 Å². The van der Waals surface area contributed by atoms with Gasteiger partial charge in [-0.05, 0) is 45.9 Å². The van der Waals surface area contributed by atoms with Gasteiger partial charge < -0.3 is 10.1 Å². The van der Waals surface area contributed by atoms with Crippen molar-refractivity contribution in [3.63, 3.8) is 0 Å². The molecule has 2 rings (SSSR count). The zero-order valence-electron chi connectivity index (χ0n) is 10.7. The van der Waals surface area contributed by atoms with E-state index in [0.717, 1.165) is 42.2 Å². The van der Waals surface area contributed by atoms with Crippen molar-refractivity contribution in [1.29, 1.82) is 0 Å². The average molecular weight is 233 g/mol. The number of hydrogen-bond acceptors (Lipinski definition) is 4. The van der Waals surface area contributed by atoms with Crippen LogP contribution in [0.1, 0.15) is 35.8 Å². The first-order valence-corrected chi connectivity index (χ1v) is 6.03. The van der Waals surface area contributed by atoms with E-state index in [9.17, 15) is 0 Å². The molecule has 1 aliphatic rings. The van der Waals surface area contributed by atoms with E-state index in [-0.39, 0.29) is 6.04 Å². The van der Waals surface area contributed by atoms with Gasteiger partial charge in [0.15, 0.2) is 0 Å². The summed E-state index contributed by atoms with van der Waals surface area (Å²) in [6.45, 7) is 4.74. The molecule has 1 aliphatic heterocycles. The highest BCUT2D eigenvalue weighted by Crippen LogP contribution is 2.27. The second-order valence-electron chi connectivity index (χ2n) is 4.35. The van der Waals surface area contributed by atoms with Crippen molar-refractivity contribution in [2.45, 2.75) is 32.7 Å². The summed E-state index contributed by atoms with van der Waals surface area (Å²) in [6.07, 6.45) is 4.36. The van der Waals surface area contributed by atoms with Crippen LogP contribution in [0.4, 0.5) is 0 Å². The third kappa shape index (κ3) is 2.64. The predicted molar refractivity (Wildman–Crippen MR) is 66.6 cm³/mol. The van der Waals surface area contributed by atoms with Crippen LogP contribution in [0.2, 0.25) is 0 Å². The number of likely N-dealkylation sites (N-methyl/N-ethyl adjacent to an activating group) is 1. The van der Waals surface area contributed by atoms with Crippen molar-refractivity contribution in [3.8, 4) is 0 Å². The Hall–Kier alpha value is -1.42. The van der Waals surface area contributed by atoms with Crippen LogP contribution in [-0.2, 0) is 4.74 Å². The number of allylic oxidation sites excluding steroid dienone is 1. The second-order valence-corrected chi connectivity index (χ2v) is 4.35. The molecule has 0 spiro atoms. The molecular weight excluding hydrogens is 214 g/mol. The largest absolute Gasteiger partial charge is 0.496 e. The molecule has 1 aromatic rings. The summed E-state index contributed by atoms with van der Waals surface area (Å²) in [5.74, 6) is 1.01. The highest BCUT2D eigenvalue weighted by Gasteiger charge is 2.20. The zero-order chi connectivity index (χ0) is 12.3. The highest BCUT2D eigenvalue weighted by atomic mass is 16.5. The van der Waals surface area contributed by atoms with Crippen molar-refractivity contribution < 1.29 is 4.74 Å². The van der Waals surface area contributed by atoms with Gasteiger partial charge in [0.1, 0.15) is 5.76 Å². The van der Waals surface area contributed by atoms with E-state index >= 15 is 0 Å². The topological polar surface area (TPSA) is 47.0 Å². The summed E-state index contributed by atoms with van der Waals surface area (Å²) in [5.41, 5.74) is 3.03. The maximum absolute atomic E-state index is 5.73. The second kappa shape index (κ2) is 5.27. The molecule has 0 aromatic carbocycles. The first kappa shape index (κ1) is 12.0. The molecule has 0 aliphatic carbocycles. The number of nitrogens with one attached hydrogen (secondary N) is 1. The lowest BCUT2D eigenvalue weighted by molar-refractivity contribution is 0.169. The average Bonchev–Trinajstić information content (AvgIpc) is 2.36. The molecule has 1 atom stereocenters. The van der Waals surface area contributed by atoms with Gasteiger partial charge in [0, 0.05) is 5.56 Å². The first-order chi connectivity index (χ1) is 8.22. The minimum absolute atomic E-state index is 0.0875. The van der Waals surface area contributed by atoms with Crippen molar-refractivity contribution in [2.24, 2.45) is 0 Å². The van der Waals surface area contributed by atoms with Crippen molar-refractivity contribution in [3.05, 3.63) is 34.9 Å². The summed E-state index contributed by atoms with van der Waals surface area (Å²) in [7, 11) is 1.94. The third-order valence-electron chi connectivity index (χ3n) is 2.99. The van der Waals surface area contributed by atoms with E-state index in [2.05, 4.69) is 27.7 Å². The van der Waals surface area contributed by atoms with Gasteiger partial charge >= 0.3 is 0 Å². The summed E-state index contributed by atoms with van der Waals surface area (Å²) >= 11 is 0. The number of rotatable bonds is 3. The molecule has 17 heavy (non-hydrogen) atoms. The van der Waals surface area contributed by atoms with Crippen LogP contribution in [0.5, 0.6) is 0 Å². The van der Waals surface area contributed by atoms with Gasteiger partial charge in [-0.25, -0.2) is 0 Å². The maximum atomic E-state index is 5.73. The van der Waals surface area contributed by atoms with E-state index in [0.29, 0.717) is 0 Å². The van der Waals surface area contributed by atoms with E-state index in [1.165, 1.54) is 0 Å². The lowest BCUT2D eigenvalue weighted by Gasteiger charge is -2.24. The number of nitrogens with zero attached hydrogens (tertiary/aromatic N) is 2. The van der Waals surface area contributed by atoms with Crippen LogP contribution >= 0.6 is 0 Å². The standard InChI is InChI=1S/C13H19N3O/c1-9-8-11(10(2)16-15-9)13(14-3)12-6-4-5-7-17-12/h6,8,13-14H,4-5,7H2,1-3H3. The van der Waals surface area contributed by atoms with E-state index in [1.54, 1.807) is 0 Å². The van der Waals surface area contributed by atoms with Gasteiger partial charge in [-0.3, -0.25) is 0 Å². The van der Waals surface area contributed by atoms with Gasteiger partial charge in [0.05, 0.1) is 24.0 Å². The maximum Gasteiger partial charge on any atom is 0.113 e. The van der Waals surface area contributed by atoms with Crippen LogP contribution < -0.4 is 5.32 Å². The highest BCUT2D eigenvalue weighted by molar-refractivity contribution is 5.29. The molecule has 4 heteroatoms. The van der Waals surface area contributed by atoms with Crippen LogP contribution in [0, 0.1) is 13.8 Å². The lowest BCUT2D eigenvalue weighted by atomic mass is 10.0. The molecule has 0 fully saturated rings. The van der Waals surface area contributed by atoms with Gasteiger partial charge in [-0.2, -0.15) is 10.2 Å². The Morgan fingerprint density at radius 3 is 2.82 bits per heavy atom. The fourth-order valence-corrected chi connectivity index (χ4v) is 2.09. The van der Waals surface area contributed by atoms with E-state index < -0.39 is 0 Å². The summed E-state index contributed by atoms with van der Waals surface area (Å²) in [5, 5.41) is 11.5. The number of hydrogen-bond donors (Lipinski definition) is 1. The van der Waals surface area contributed by atoms with E-state index in [1.807, 2.05) is 20.9 Å². The summed E-state index contributed by atoms with van der Waals surface area (Å²) < 4.78 is 5.73. The summed E-state index contributed by atoms with van der Waals surface area (Å²) in [6, 6.07) is 2.16. The number of aryl methyl sites for hydroxylation is 2. The SMILES string of the molecule is CNC(C1=CCCCO1)c1cc(C)nnc1C. The normalized spacial score (nSPS) is 17.2. The Kier molecular flexibility index (Phi) is 3.74. The van der Waals surface area contributed by atoms with Gasteiger partial charge in [0.2, 0.25) is 0 Å². The van der Waals surface area contributed by atoms with Gasteiger partial charge in [0.25, 0.3) is 0 Å². The Labute approximate surface area is 102 Å². The molecule has 1 N–H and O–H groups in total. The van der Waals surface area contributed by atoms with Crippen molar-refractivity contribution in [2.75, 3.05) is 13.7 Å². The molecular formula is C13H19N3O. The minimum Gasteiger partial charge on any atom is -0.496 e. The van der Waals surface area contributed by atoms with Crippen LogP contribution in [0.3, 0.4) is 0 Å². The third-order valence-corrected chi connectivity index (χ3v) is 2.99. The van der Waals surface area contributed by atoms with Crippen molar-refractivity contribution >= 4 is 0 Å². The molecule has 2 heterocycles. The number of ether oxygens (including phenoxy) is 1. The molecule has 0 bridgehead atoms. The molecule has 0 amide bonds. The van der Waals surface area contributed by atoms with Crippen LogP contribution in [0.25, 0.3) is 0 Å². The molecule has 1 aromatic heterocycles. The Morgan fingerprint density at radius 1 is 1.35 bits per heavy atom. The summed E-state index contributed by atoms with van der Waals surface area (Å²) in [4.78, 5) is 0. The zero-order valence-corrected chi connectivity index (χ0v) is 10.7.